The average molecular weight is 240 g/mol. The van der Waals surface area contributed by atoms with E-state index in [2.05, 4.69) is 0 Å². The second-order valence-electron chi connectivity index (χ2n) is 1.47. The first-order valence-electron chi connectivity index (χ1n) is 2.72. The molecule has 14 heavy (non-hydrogen) atoms. The van der Waals surface area contributed by atoms with Gasteiger partial charge in [0, 0.05) is 43.8 Å². The summed E-state index contributed by atoms with van der Waals surface area (Å²) < 4.78 is 0. The molecular weight excluding hydrogens is 229 g/mol. The van der Waals surface area contributed by atoms with E-state index in [1.807, 2.05) is 0 Å². The Bertz CT molecular complexity index is 116. The van der Waals surface area contributed by atoms with Gasteiger partial charge in [0.05, 0.1) is 0 Å². The van der Waals surface area contributed by atoms with Crippen LogP contribution in [0.4, 0.5) is 0 Å². The fourth-order valence-corrected chi connectivity index (χ4v) is 0. The van der Waals surface area contributed by atoms with Gasteiger partial charge in [0.1, 0.15) is 0 Å². The summed E-state index contributed by atoms with van der Waals surface area (Å²) in [5.74, 6) is -3.25. The maximum atomic E-state index is 8.89. The zero-order chi connectivity index (χ0) is 10.7. The van der Waals surface area contributed by atoms with E-state index in [4.69, 9.17) is 29.7 Å². The van der Waals surface area contributed by atoms with Gasteiger partial charge >= 0.3 is 0 Å². The van der Waals surface area contributed by atoms with Crippen LogP contribution in [0.15, 0.2) is 0 Å². The number of carboxylic acid groups (broad SMARTS) is 3. The van der Waals surface area contributed by atoms with Crippen LogP contribution in [-0.4, -0.2) is 23.4 Å². The minimum Gasteiger partial charge on any atom is -0.550 e. The molecule has 0 unspecified atom stereocenters. The molecular formula is C6H11O7Sc-3. The molecule has 7 nitrogen and oxygen atoms in total. The molecule has 8 heteroatoms. The molecule has 0 aliphatic rings. The molecule has 0 aromatic rings. The van der Waals surface area contributed by atoms with Crippen molar-refractivity contribution in [2.45, 2.75) is 20.8 Å². The van der Waals surface area contributed by atoms with Crippen LogP contribution in [0.3, 0.4) is 0 Å². The Hall–Kier alpha value is -0.760. The molecule has 0 heterocycles. The Morgan fingerprint density at radius 3 is 0.714 bits per heavy atom. The van der Waals surface area contributed by atoms with Crippen LogP contribution in [0, 0.1) is 0 Å². The Labute approximate surface area is 99.8 Å². The van der Waals surface area contributed by atoms with Crippen molar-refractivity contribution >= 4 is 17.9 Å². The van der Waals surface area contributed by atoms with E-state index in [-0.39, 0.29) is 31.3 Å². The second-order valence-corrected chi connectivity index (χ2v) is 1.47. The van der Waals surface area contributed by atoms with Crippen molar-refractivity contribution in [1.29, 1.82) is 0 Å². The Morgan fingerprint density at radius 1 is 0.714 bits per heavy atom. The van der Waals surface area contributed by atoms with Gasteiger partial charge in [0.15, 0.2) is 0 Å². The number of carbonyl (C=O) groups excluding carboxylic acids is 3. The molecule has 0 atom stereocenters. The first-order valence-corrected chi connectivity index (χ1v) is 2.72. The number of rotatable bonds is 0. The van der Waals surface area contributed by atoms with E-state index in [0.29, 0.717) is 0 Å². The molecule has 0 amide bonds. The van der Waals surface area contributed by atoms with E-state index >= 15 is 0 Å². The van der Waals surface area contributed by atoms with E-state index in [1.54, 1.807) is 0 Å². The van der Waals surface area contributed by atoms with E-state index < -0.39 is 17.9 Å². The predicted octanol–water partition coefficient (Wildman–Crippen LogP) is -4.56. The zero-order valence-corrected chi connectivity index (χ0v) is 9.83. The van der Waals surface area contributed by atoms with Crippen LogP contribution >= 0.6 is 0 Å². The quantitative estimate of drug-likeness (QED) is 0.415. The van der Waals surface area contributed by atoms with Crippen molar-refractivity contribution in [1.82, 2.24) is 0 Å². The van der Waals surface area contributed by atoms with Gasteiger partial charge in [-0.2, -0.15) is 0 Å². The summed E-state index contributed by atoms with van der Waals surface area (Å²) in [6.07, 6.45) is 0. The molecule has 0 bridgehead atoms. The van der Waals surface area contributed by atoms with Crippen LogP contribution in [0.2, 0.25) is 0 Å². The predicted molar refractivity (Wildman–Crippen MR) is 35.7 cm³/mol. The van der Waals surface area contributed by atoms with E-state index in [1.165, 1.54) is 0 Å². The van der Waals surface area contributed by atoms with Gasteiger partial charge in [-0.25, -0.2) is 0 Å². The van der Waals surface area contributed by atoms with E-state index in [9.17, 15) is 0 Å². The molecule has 2 N–H and O–H groups in total. The molecule has 0 spiro atoms. The number of hydrogen-bond donors (Lipinski definition) is 0. The SMILES string of the molecule is CC(=O)[O-].CC(=O)[O-].CC(=O)[O-].O.[Sc]. The van der Waals surface area contributed by atoms with Gasteiger partial charge in [-0.05, 0) is 20.8 Å². The normalized spacial score (nSPS) is 5.36. The zero-order valence-electron chi connectivity index (χ0n) is 8.03. The molecule has 0 saturated carbocycles. The average Bonchev–Trinajstić information content (AvgIpc) is 1.54. The fourth-order valence-electron chi connectivity index (χ4n) is 0. The Balaban J connectivity index is -0.0000000270. The maximum absolute atomic E-state index is 8.89. The standard InChI is InChI=1S/3C2H4O2.H2O.Sc/c3*1-2(3)4;;/h3*1H3,(H,3,4);1H2;/p-3. The monoisotopic (exact) mass is 240 g/mol. The topological polar surface area (TPSA) is 152 Å². The molecule has 0 rings (SSSR count). The largest absolute Gasteiger partial charge is 0.550 e. The Kier molecular flexibility index (Phi) is 47.5. The van der Waals surface area contributed by atoms with Gasteiger partial charge in [-0.15, -0.1) is 0 Å². The minimum absolute atomic E-state index is 0. The molecule has 83 valence electrons. The molecule has 0 aliphatic heterocycles. The summed E-state index contributed by atoms with van der Waals surface area (Å²) in [6.45, 7) is 2.92. The van der Waals surface area contributed by atoms with Gasteiger partial charge < -0.3 is 35.2 Å². The van der Waals surface area contributed by atoms with Crippen molar-refractivity contribution in [3.8, 4) is 0 Å². The van der Waals surface area contributed by atoms with Crippen LogP contribution in [0.5, 0.6) is 0 Å². The fraction of sp³-hybridized carbons (Fsp3) is 0.500. The second kappa shape index (κ2) is 22.8. The molecule has 1 radical (unpaired) electrons. The third-order valence-corrected chi connectivity index (χ3v) is 0. The van der Waals surface area contributed by atoms with Crippen LogP contribution in [0.25, 0.3) is 0 Å². The van der Waals surface area contributed by atoms with Gasteiger partial charge in [0.25, 0.3) is 0 Å². The van der Waals surface area contributed by atoms with E-state index in [0.717, 1.165) is 20.8 Å². The summed E-state index contributed by atoms with van der Waals surface area (Å²) in [4.78, 5) is 26.7. The summed E-state index contributed by atoms with van der Waals surface area (Å²) in [6, 6.07) is 0. The summed E-state index contributed by atoms with van der Waals surface area (Å²) in [5, 5.41) is 26.7. The van der Waals surface area contributed by atoms with Gasteiger partial charge in [-0.3, -0.25) is 0 Å². The number of carbonyl (C=O) groups is 3. The van der Waals surface area contributed by atoms with Crippen LogP contribution in [-0.2, 0) is 40.2 Å². The van der Waals surface area contributed by atoms with Crippen LogP contribution in [0.1, 0.15) is 20.8 Å². The van der Waals surface area contributed by atoms with Crippen LogP contribution < -0.4 is 15.3 Å². The smallest absolute Gasteiger partial charge is 0.0383 e. The Morgan fingerprint density at radius 2 is 0.714 bits per heavy atom. The van der Waals surface area contributed by atoms with Crippen molar-refractivity contribution in [3.05, 3.63) is 0 Å². The van der Waals surface area contributed by atoms with Crippen molar-refractivity contribution in [2.75, 3.05) is 0 Å². The van der Waals surface area contributed by atoms with Gasteiger partial charge in [0.2, 0.25) is 0 Å². The molecule has 0 fully saturated rings. The molecule has 0 aromatic heterocycles. The number of hydrogen-bond acceptors (Lipinski definition) is 6. The summed E-state index contributed by atoms with van der Waals surface area (Å²) in [5.41, 5.74) is 0. The first kappa shape index (κ1) is 29.2. The molecule has 0 aliphatic carbocycles. The maximum Gasteiger partial charge on any atom is 0.0383 e. The number of aliphatic carboxylic acids is 3. The summed E-state index contributed by atoms with van der Waals surface area (Å²) >= 11 is 0. The third kappa shape index (κ3) is 2040. The minimum atomic E-state index is -1.08. The van der Waals surface area contributed by atoms with Crippen molar-refractivity contribution < 1.29 is 61.0 Å². The van der Waals surface area contributed by atoms with Crippen molar-refractivity contribution in [2.24, 2.45) is 0 Å². The summed E-state index contributed by atoms with van der Waals surface area (Å²) in [7, 11) is 0. The molecule has 0 aromatic carbocycles. The first-order chi connectivity index (χ1) is 5.20. The third-order valence-electron chi connectivity index (χ3n) is 0. The molecule has 0 saturated heterocycles. The van der Waals surface area contributed by atoms with Crippen molar-refractivity contribution in [3.63, 3.8) is 0 Å². The number of carboxylic acids is 3. The van der Waals surface area contributed by atoms with Gasteiger partial charge in [-0.1, -0.05) is 0 Å².